The number of rotatable bonds is 3. The highest BCUT2D eigenvalue weighted by Gasteiger charge is 1.93. The number of hydrogen-bond acceptors (Lipinski definition) is 0. The first-order valence-corrected chi connectivity index (χ1v) is 4.36. The maximum Gasteiger partial charge on any atom is -0.0231 e. The SMILES string of the molecule is CCC(C=CI)CC. The molecule has 0 aromatic carbocycles. The average Bonchev–Trinajstić information content (AvgIpc) is 1.83. The van der Waals surface area contributed by atoms with Crippen molar-refractivity contribution in [1.29, 1.82) is 0 Å². The molecule has 8 heavy (non-hydrogen) atoms. The zero-order valence-electron chi connectivity index (χ0n) is 5.52. The van der Waals surface area contributed by atoms with Crippen molar-refractivity contribution in [3.05, 3.63) is 10.2 Å². The number of allylic oxidation sites excluding steroid dienone is 1. The largest absolute Gasteiger partial charge is 0.0754 e. The molecule has 0 fully saturated rings. The van der Waals surface area contributed by atoms with E-state index in [0.29, 0.717) is 0 Å². The van der Waals surface area contributed by atoms with Crippen LogP contribution >= 0.6 is 22.6 Å². The van der Waals surface area contributed by atoms with Gasteiger partial charge in [-0.25, -0.2) is 0 Å². The lowest BCUT2D eigenvalue weighted by molar-refractivity contribution is 0.607. The van der Waals surface area contributed by atoms with E-state index in [9.17, 15) is 0 Å². The first-order valence-electron chi connectivity index (χ1n) is 3.12. The van der Waals surface area contributed by atoms with Crippen LogP contribution in [0, 0.1) is 5.92 Å². The van der Waals surface area contributed by atoms with E-state index in [1.165, 1.54) is 12.8 Å². The molecule has 0 rings (SSSR count). The second kappa shape index (κ2) is 5.60. The zero-order valence-corrected chi connectivity index (χ0v) is 7.68. The third-order valence-electron chi connectivity index (χ3n) is 1.39. The smallest absolute Gasteiger partial charge is 0.0231 e. The molecule has 0 aliphatic carbocycles. The highest BCUT2D eigenvalue weighted by molar-refractivity contribution is 14.1. The van der Waals surface area contributed by atoms with Gasteiger partial charge in [0.1, 0.15) is 0 Å². The van der Waals surface area contributed by atoms with Crippen LogP contribution in [0.15, 0.2) is 10.2 Å². The summed E-state index contributed by atoms with van der Waals surface area (Å²) in [6, 6.07) is 0. The molecule has 0 bridgehead atoms. The van der Waals surface area contributed by atoms with Gasteiger partial charge in [-0.2, -0.15) is 0 Å². The van der Waals surface area contributed by atoms with Gasteiger partial charge in [-0.3, -0.25) is 0 Å². The summed E-state index contributed by atoms with van der Waals surface area (Å²) in [6.45, 7) is 4.45. The third-order valence-corrected chi connectivity index (χ3v) is 1.81. The highest BCUT2D eigenvalue weighted by atomic mass is 127. The normalized spacial score (nSPS) is 11.5. The molecule has 0 nitrogen and oxygen atoms in total. The monoisotopic (exact) mass is 224 g/mol. The molecule has 0 radical (unpaired) electrons. The van der Waals surface area contributed by atoms with Crippen molar-refractivity contribution in [2.24, 2.45) is 5.92 Å². The summed E-state index contributed by atoms with van der Waals surface area (Å²) in [6.07, 6.45) is 4.81. The Morgan fingerprint density at radius 3 is 2.00 bits per heavy atom. The Labute approximate surface area is 65.5 Å². The summed E-state index contributed by atoms with van der Waals surface area (Å²) in [4.78, 5) is 0. The van der Waals surface area contributed by atoms with E-state index in [-0.39, 0.29) is 0 Å². The summed E-state index contributed by atoms with van der Waals surface area (Å²) in [5.74, 6) is 0.812. The van der Waals surface area contributed by atoms with Crippen LogP contribution < -0.4 is 0 Å². The molecule has 0 aliphatic rings. The van der Waals surface area contributed by atoms with Crippen LogP contribution in [0.2, 0.25) is 0 Å². The third kappa shape index (κ3) is 3.47. The van der Waals surface area contributed by atoms with E-state index in [1.54, 1.807) is 0 Å². The van der Waals surface area contributed by atoms with E-state index in [1.807, 2.05) is 0 Å². The topological polar surface area (TPSA) is 0 Å². The van der Waals surface area contributed by atoms with E-state index in [2.05, 4.69) is 46.6 Å². The first kappa shape index (κ1) is 8.47. The Morgan fingerprint density at radius 2 is 1.88 bits per heavy atom. The maximum atomic E-state index is 2.27. The second-order valence-electron chi connectivity index (χ2n) is 1.90. The molecule has 48 valence electrons. The molecule has 0 atom stereocenters. The summed E-state index contributed by atoms with van der Waals surface area (Å²) in [5.41, 5.74) is 0. The predicted molar refractivity (Wildman–Crippen MR) is 47.2 cm³/mol. The van der Waals surface area contributed by atoms with Crippen LogP contribution in [-0.4, -0.2) is 0 Å². The molecule has 0 amide bonds. The van der Waals surface area contributed by atoms with Gasteiger partial charge < -0.3 is 0 Å². The average molecular weight is 224 g/mol. The lowest BCUT2D eigenvalue weighted by Gasteiger charge is -2.02. The molecule has 0 saturated heterocycles. The molecule has 0 aromatic rings. The summed E-state index contributed by atoms with van der Waals surface area (Å²) in [5, 5.41) is 0. The van der Waals surface area contributed by atoms with Gasteiger partial charge in [0, 0.05) is 0 Å². The van der Waals surface area contributed by atoms with Crippen molar-refractivity contribution >= 4 is 22.6 Å². The molecule has 0 heterocycles. The maximum absolute atomic E-state index is 2.27. The van der Waals surface area contributed by atoms with E-state index in [0.717, 1.165) is 5.92 Å². The molecule has 0 unspecified atom stereocenters. The number of hydrogen-bond donors (Lipinski definition) is 0. The number of halogens is 1. The van der Waals surface area contributed by atoms with Crippen LogP contribution in [0.5, 0.6) is 0 Å². The minimum absolute atomic E-state index is 0.812. The summed E-state index contributed by atoms with van der Waals surface area (Å²) < 4.78 is 2.11. The fourth-order valence-corrected chi connectivity index (χ4v) is 1.25. The van der Waals surface area contributed by atoms with Crippen LogP contribution in [0.3, 0.4) is 0 Å². The van der Waals surface area contributed by atoms with Gasteiger partial charge in [0.05, 0.1) is 0 Å². The van der Waals surface area contributed by atoms with Crippen molar-refractivity contribution in [2.75, 3.05) is 0 Å². The van der Waals surface area contributed by atoms with E-state index in [4.69, 9.17) is 0 Å². The Hall–Kier alpha value is 0.470. The predicted octanol–water partition coefficient (Wildman–Crippen LogP) is 3.37. The van der Waals surface area contributed by atoms with E-state index < -0.39 is 0 Å². The van der Waals surface area contributed by atoms with E-state index >= 15 is 0 Å². The minimum Gasteiger partial charge on any atom is -0.0754 e. The van der Waals surface area contributed by atoms with Crippen LogP contribution in [0.25, 0.3) is 0 Å². The molecule has 0 aliphatic heterocycles. The first-order chi connectivity index (χ1) is 3.85. The van der Waals surface area contributed by atoms with Gasteiger partial charge in [-0.15, -0.1) is 0 Å². The van der Waals surface area contributed by atoms with Gasteiger partial charge in [0.15, 0.2) is 0 Å². The lowest BCUT2D eigenvalue weighted by Crippen LogP contribution is -1.88. The Morgan fingerprint density at radius 1 is 1.38 bits per heavy atom. The summed E-state index contributed by atoms with van der Waals surface area (Å²) in [7, 11) is 0. The second-order valence-corrected chi connectivity index (χ2v) is 2.61. The van der Waals surface area contributed by atoms with Gasteiger partial charge in [0.2, 0.25) is 0 Å². The molecule has 1 heteroatoms. The molecular formula is C7H13I. The van der Waals surface area contributed by atoms with Crippen molar-refractivity contribution in [2.45, 2.75) is 26.7 Å². The molecular weight excluding hydrogens is 211 g/mol. The van der Waals surface area contributed by atoms with Crippen LogP contribution in [0.4, 0.5) is 0 Å². The van der Waals surface area contributed by atoms with Crippen molar-refractivity contribution in [1.82, 2.24) is 0 Å². The summed E-state index contributed by atoms with van der Waals surface area (Å²) >= 11 is 2.27. The fraction of sp³-hybridized carbons (Fsp3) is 0.714. The van der Waals surface area contributed by atoms with Crippen molar-refractivity contribution in [3.8, 4) is 0 Å². The molecule has 0 aromatic heterocycles. The van der Waals surface area contributed by atoms with Gasteiger partial charge >= 0.3 is 0 Å². The highest BCUT2D eigenvalue weighted by Crippen LogP contribution is 2.09. The molecule has 0 spiro atoms. The van der Waals surface area contributed by atoms with Crippen molar-refractivity contribution in [3.63, 3.8) is 0 Å². The Kier molecular flexibility index (Phi) is 5.93. The fourth-order valence-electron chi connectivity index (χ4n) is 0.664. The lowest BCUT2D eigenvalue weighted by atomic mass is 10.0. The Balaban J connectivity index is 3.36. The van der Waals surface area contributed by atoms with Gasteiger partial charge in [-0.05, 0) is 22.8 Å². The molecule has 0 N–H and O–H groups in total. The van der Waals surface area contributed by atoms with Gasteiger partial charge in [0.25, 0.3) is 0 Å². The van der Waals surface area contributed by atoms with Crippen LogP contribution in [-0.2, 0) is 0 Å². The van der Waals surface area contributed by atoms with Gasteiger partial charge in [-0.1, -0.05) is 42.5 Å². The van der Waals surface area contributed by atoms with Crippen molar-refractivity contribution < 1.29 is 0 Å². The van der Waals surface area contributed by atoms with Crippen LogP contribution in [0.1, 0.15) is 26.7 Å². The minimum atomic E-state index is 0.812. The Bertz CT molecular complexity index is 62.8. The molecule has 0 saturated carbocycles. The quantitative estimate of drug-likeness (QED) is 0.644. The zero-order chi connectivity index (χ0) is 6.41. The standard InChI is InChI=1S/C7H13I/c1-3-7(4-2)5-6-8/h5-7H,3-4H2,1-2H3.